The Kier molecular flexibility index (Phi) is 6.25. The molecular formula is C18H19N5O2S2. The highest BCUT2D eigenvalue weighted by atomic mass is 32.1. The molecule has 0 atom stereocenters. The molecule has 0 aliphatic heterocycles. The average Bonchev–Trinajstić information content (AvgIpc) is 3.08. The SMILES string of the molecule is Cc1nc(-c2ccc(CCNC(=O)CCc3n[nH]c(=S)[nH]c3=O)cc2)cs1. The summed E-state index contributed by atoms with van der Waals surface area (Å²) in [6, 6.07) is 8.18. The van der Waals surface area contributed by atoms with Gasteiger partial charge in [0.1, 0.15) is 5.69 Å². The van der Waals surface area contributed by atoms with Crippen LogP contribution in [0.1, 0.15) is 22.7 Å². The third-order valence-corrected chi connectivity index (χ3v) is 4.94. The maximum Gasteiger partial charge on any atom is 0.273 e. The molecule has 1 amide bonds. The molecule has 2 heterocycles. The zero-order chi connectivity index (χ0) is 19.2. The number of H-pyrrole nitrogens is 2. The van der Waals surface area contributed by atoms with Crippen molar-refractivity contribution < 1.29 is 4.79 Å². The van der Waals surface area contributed by atoms with Crippen LogP contribution in [0.2, 0.25) is 0 Å². The Labute approximate surface area is 164 Å². The van der Waals surface area contributed by atoms with Crippen LogP contribution in [0.3, 0.4) is 0 Å². The van der Waals surface area contributed by atoms with Crippen molar-refractivity contribution in [1.29, 1.82) is 0 Å². The van der Waals surface area contributed by atoms with Crippen LogP contribution in [-0.4, -0.2) is 32.6 Å². The van der Waals surface area contributed by atoms with Gasteiger partial charge in [-0.05, 0) is 31.1 Å². The van der Waals surface area contributed by atoms with Gasteiger partial charge < -0.3 is 5.32 Å². The Morgan fingerprint density at radius 2 is 2.04 bits per heavy atom. The van der Waals surface area contributed by atoms with E-state index in [1.807, 2.05) is 36.6 Å². The van der Waals surface area contributed by atoms with Gasteiger partial charge in [-0.15, -0.1) is 11.3 Å². The molecule has 0 saturated carbocycles. The predicted molar refractivity (Wildman–Crippen MR) is 107 cm³/mol. The van der Waals surface area contributed by atoms with E-state index in [-0.39, 0.29) is 34.8 Å². The number of nitrogens with zero attached hydrogens (tertiary/aromatic N) is 2. The van der Waals surface area contributed by atoms with E-state index in [4.69, 9.17) is 12.2 Å². The summed E-state index contributed by atoms with van der Waals surface area (Å²) >= 11 is 6.41. The minimum atomic E-state index is -0.359. The van der Waals surface area contributed by atoms with Gasteiger partial charge in [0.05, 0.1) is 10.7 Å². The van der Waals surface area contributed by atoms with Crippen LogP contribution in [0.4, 0.5) is 0 Å². The Balaban J connectivity index is 1.44. The van der Waals surface area contributed by atoms with E-state index in [0.29, 0.717) is 6.54 Å². The van der Waals surface area contributed by atoms with Gasteiger partial charge in [0.25, 0.3) is 5.56 Å². The number of hydrogen-bond donors (Lipinski definition) is 3. The lowest BCUT2D eigenvalue weighted by Crippen LogP contribution is -2.27. The van der Waals surface area contributed by atoms with E-state index < -0.39 is 0 Å². The summed E-state index contributed by atoms with van der Waals surface area (Å²) in [4.78, 5) is 30.5. The summed E-state index contributed by atoms with van der Waals surface area (Å²) in [5.74, 6) is -0.117. The van der Waals surface area contributed by atoms with Gasteiger partial charge in [0, 0.05) is 30.3 Å². The number of carbonyl (C=O) groups is 1. The van der Waals surface area contributed by atoms with Crippen molar-refractivity contribution in [3.63, 3.8) is 0 Å². The standard InChI is InChI=1S/C18H19N5O2S2/c1-11-20-15(10-27-11)13-4-2-12(3-5-13)8-9-19-16(24)7-6-14-17(25)21-18(26)23-22-14/h2-5,10H,6-9H2,1H3,(H,19,24)(H2,21,23,25,26). The molecular weight excluding hydrogens is 382 g/mol. The van der Waals surface area contributed by atoms with Crippen molar-refractivity contribution in [2.24, 2.45) is 0 Å². The lowest BCUT2D eigenvalue weighted by molar-refractivity contribution is -0.121. The summed E-state index contributed by atoms with van der Waals surface area (Å²) in [5.41, 5.74) is 3.13. The molecule has 9 heteroatoms. The first-order valence-corrected chi connectivity index (χ1v) is 9.76. The number of hydrogen-bond acceptors (Lipinski definition) is 6. The van der Waals surface area contributed by atoms with Crippen LogP contribution < -0.4 is 10.9 Å². The van der Waals surface area contributed by atoms with E-state index >= 15 is 0 Å². The van der Waals surface area contributed by atoms with E-state index in [1.54, 1.807) is 11.3 Å². The summed E-state index contributed by atoms with van der Waals surface area (Å²) in [5, 5.41) is 12.3. The topological polar surface area (TPSA) is 104 Å². The molecule has 140 valence electrons. The Bertz CT molecular complexity index is 1040. The molecule has 0 bridgehead atoms. The summed E-state index contributed by atoms with van der Waals surface area (Å²) in [7, 11) is 0. The lowest BCUT2D eigenvalue weighted by atomic mass is 10.1. The highest BCUT2D eigenvalue weighted by Gasteiger charge is 2.07. The Morgan fingerprint density at radius 3 is 2.70 bits per heavy atom. The third-order valence-electron chi connectivity index (χ3n) is 3.97. The van der Waals surface area contributed by atoms with Gasteiger partial charge in [0.15, 0.2) is 4.77 Å². The van der Waals surface area contributed by atoms with E-state index in [2.05, 4.69) is 25.5 Å². The normalized spacial score (nSPS) is 10.7. The number of nitrogens with one attached hydrogen (secondary N) is 3. The van der Waals surface area contributed by atoms with Gasteiger partial charge in [-0.2, -0.15) is 5.10 Å². The summed E-state index contributed by atoms with van der Waals surface area (Å²) < 4.78 is 0.170. The molecule has 0 aliphatic carbocycles. The highest BCUT2D eigenvalue weighted by Crippen LogP contribution is 2.21. The number of benzene rings is 1. The fourth-order valence-corrected chi connectivity index (χ4v) is 3.31. The summed E-state index contributed by atoms with van der Waals surface area (Å²) in [6.45, 7) is 2.53. The maximum atomic E-state index is 11.9. The molecule has 7 nitrogen and oxygen atoms in total. The van der Waals surface area contributed by atoms with Crippen LogP contribution in [0.15, 0.2) is 34.4 Å². The maximum absolute atomic E-state index is 11.9. The van der Waals surface area contributed by atoms with E-state index in [9.17, 15) is 9.59 Å². The van der Waals surface area contributed by atoms with E-state index in [1.165, 1.54) is 0 Å². The van der Waals surface area contributed by atoms with Crippen molar-refractivity contribution in [1.82, 2.24) is 25.5 Å². The molecule has 0 fully saturated rings. The molecule has 2 aromatic heterocycles. The number of carbonyl (C=O) groups excluding carboxylic acids is 1. The van der Waals surface area contributed by atoms with Gasteiger partial charge in [-0.25, -0.2) is 4.98 Å². The van der Waals surface area contributed by atoms with Crippen molar-refractivity contribution in [2.45, 2.75) is 26.2 Å². The first-order chi connectivity index (χ1) is 13.0. The average molecular weight is 402 g/mol. The molecule has 0 unspecified atom stereocenters. The van der Waals surface area contributed by atoms with E-state index in [0.717, 1.165) is 28.2 Å². The molecule has 0 aliphatic rings. The largest absolute Gasteiger partial charge is 0.356 e. The first kappa shape index (κ1) is 19.1. The molecule has 3 rings (SSSR count). The quantitative estimate of drug-likeness (QED) is 0.528. The lowest BCUT2D eigenvalue weighted by Gasteiger charge is -2.06. The van der Waals surface area contributed by atoms with Crippen LogP contribution in [0.5, 0.6) is 0 Å². The van der Waals surface area contributed by atoms with Gasteiger partial charge in [0.2, 0.25) is 5.91 Å². The number of aromatic amines is 2. The third kappa shape index (κ3) is 5.41. The molecule has 3 N–H and O–H groups in total. The number of aryl methyl sites for hydroxylation is 2. The Morgan fingerprint density at radius 1 is 1.26 bits per heavy atom. The van der Waals surface area contributed by atoms with Gasteiger partial charge in [-0.3, -0.25) is 19.7 Å². The van der Waals surface area contributed by atoms with Gasteiger partial charge >= 0.3 is 0 Å². The second-order valence-corrected chi connectivity index (χ2v) is 7.47. The summed E-state index contributed by atoms with van der Waals surface area (Å²) in [6.07, 6.45) is 1.19. The highest BCUT2D eigenvalue weighted by molar-refractivity contribution is 7.71. The molecule has 0 saturated heterocycles. The minimum absolute atomic E-state index is 0.117. The zero-order valence-corrected chi connectivity index (χ0v) is 16.4. The molecule has 0 spiro atoms. The fraction of sp³-hybridized carbons (Fsp3) is 0.278. The molecule has 0 radical (unpaired) electrons. The number of aromatic nitrogens is 4. The Hall–Kier alpha value is -2.65. The minimum Gasteiger partial charge on any atom is -0.356 e. The fourth-order valence-electron chi connectivity index (χ4n) is 2.55. The number of amides is 1. The zero-order valence-electron chi connectivity index (χ0n) is 14.7. The van der Waals surface area contributed by atoms with Crippen molar-refractivity contribution >= 4 is 29.5 Å². The van der Waals surface area contributed by atoms with Crippen LogP contribution in [0, 0.1) is 11.7 Å². The predicted octanol–water partition coefficient (Wildman–Crippen LogP) is 2.55. The second-order valence-electron chi connectivity index (χ2n) is 6.00. The smallest absolute Gasteiger partial charge is 0.273 e. The molecule has 3 aromatic rings. The van der Waals surface area contributed by atoms with Crippen molar-refractivity contribution in [3.05, 3.63) is 61.0 Å². The number of thiazole rings is 1. The second kappa shape index (κ2) is 8.83. The van der Waals surface area contributed by atoms with Crippen LogP contribution in [-0.2, 0) is 17.6 Å². The molecule has 1 aromatic carbocycles. The monoisotopic (exact) mass is 401 g/mol. The number of rotatable bonds is 7. The van der Waals surface area contributed by atoms with Gasteiger partial charge in [-0.1, -0.05) is 24.3 Å². The van der Waals surface area contributed by atoms with Crippen LogP contribution in [0.25, 0.3) is 11.3 Å². The van der Waals surface area contributed by atoms with Crippen molar-refractivity contribution in [3.8, 4) is 11.3 Å². The first-order valence-electron chi connectivity index (χ1n) is 8.47. The molecule has 27 heavy (non-hydrogen) atoms. The van der Waals surface area contributed by atoms with Crippen molar-refractivity contribution in [2.75, 3.05) is 6.54 Å². The van der Waals surface area contributed by atoms with Crippen LogP contribution >= 0.6 is 23.6 Å².